The number of H-pyrrole nitrogens is 1. The maximum absolute atomic E-state index is 10.9. The fourth-order valence-electron chi connectivity index (χ4n) is 0.684. The van der Waals surface area contributed by atoms with E-state index in [1.54, 1.807) is 0 Å². The second kappa shape index (κ2) is 4.95. The first kappa shape index (κ1) is 12.1. The van der Waals surface area contributed by atoms with Crippen molar-refractivity contribution in [2.24, 2.45) is 7.05 Å². The lowest BCUT2D eigenvalue weighted by molar-refractivity contribution is -0.386. The molecule has 7 nitrogen and oxygen atoms in total. The molecule has 1 heterocycles. The summed E-state index contributed by atoms with van der Waals surface area (Å²) >= 11 is 0. The molecule has 0 aliphatic carbocycles. The zero-order valence-corrected chi connectivity index (χ0v) is 8.10. The number of nitro groups is 1. The third-order valence-corrected chi connectivity index (χ3v) is 1.36. The van der Waals surface area contributed by atoms with Gasteiger partial charge in [0.25, 0.3) is 0 Å². The molecule has 1 aromatic rings. The van der Waals surface area contributed by atoms with Gasteiger partial charge in [-0.3, -0.25) is 19.5 Å². The Morgan fingerprint density at radius 2 is 1.93 bits per heavy atom. The summed E-state index contributed by atoms with van der Waals surface area (Å²) in [5.41, 5.74) is -2.23. The second-order valence-electron chi connectivity index (χ2n) is 2.10. The van der Waals surface area contributed by atoms with Crippen molar-refractivity contribution >= 4 is 5.69 Å². The van der Waals surface area contributed by atoms with Gasteiger partial charge >= 0.3 is 16.9 Å². The zero-order valence-electron chi connectivity index (χ0n) is 8.10. The number of nitrogens with one attached hydrogen (secondary N) is 1. The van der Waals surface area contributed by atoms with Crippen LogP contribution in [0.1, 0.15) is 13.8 Å². The van der Waals surface area contributed by atoms with Crippen molar-refractivity contribution in [2.45, 2.75) is 13.8 Å². The molecule has 0 amide bonds. The van der Waals surface area contributed by atoms with Crippen LogP contribution in [0.25, 0.3) is 0 Å². The van der Waals surface area contributed by atoms with Crippen LogP contribution in [0.5, 0.6) is 0 Å². The van der Waals surface area contributed by atoms with E-state index in [0.717, 1.165) is 13.2 Å². The molecule has 0 spiro atoms. The Bertz CT molecular complexity index is 431. The molecule has 78 valence electrons. The predicted molar refractivity (Wildman–Crippen MR) is 50.3 cm³/mol. The van der Waals surface area contributed by atoms with Gasteiger partial charge in [0.15, 0.2) is 0 Å². The van der Waals surface area contributed by atoms with Gasteiger partial charge in [0.1, 0.15) is 0 Å². The Morgan fingerprint density at radius 3 is 2.36 bits per heavy atom. The molecule has 7 heteroatoms. The summed E-state index contributed by atoms with van der Waals surface area (Å²) in [6.45, 7) is 4.00. The van der Waals surface area contributed by atoms with Crippen molar-refractivity contribution < 1.29 is 4.92 Å². The van der Waals surface area contributed by atoms with Crippen molar-refractivity contribution in [1.82, 2.24) is 9.55 Å². The summed E-state index contributed by atoms with van der Waals surface area (Å²) in [6, 6.07) is 0. The topological polar surface area (TPSA) is 98.0 Å². The standard InChI is InChI=1S/C5H5N3O4.C2H6/c1-7-4(9)3(8(11)12)2-6-5(7)10;1-2/h2H,1H3,(H,6,10);1-2H3. The van der Waals surface area contributed by atoms with Crippen LogP contribution < -0.4 is 11.2 Å². The van der Waals surface area contributed by atoms with E-state index in [4.69, 9.17) is 0 Å². The molecule has 14 heavy (non-hydrogen) atoms. The number of aromatic amines is 1. The molecule has 0 aromatic carbocycles. The lowest BCUT2D eigenvalue weighted by atomic mass is 10.5. The van der Waals surface area contributed by atoms with Crippen molar-refractivity contribution in [3.8, 4) is 0 Å². The molecule has 1 aromatic heterocycles. The van der Waals surface area contributed by atoms with Gasteiger partial charge in [0.2, 0.25) is 0 Å². The van der Waals surface area contributed by atoms with Crippen molar-refractivity contribution in [3.63, 3.8) is 0 Å². The van der Waals surface area contributed by atoms with E-state index < -0.39 is 21.9 Å². The quantitative estimate of drug-likeness (QED) is 0.511. The third kappa shape index (κ3) is 2.28. The normalized spacial score (nSPS) is 8.79. The molecule has 0 radical (unpaired) electrons. The summed E-state index contributed by atoms with van der Waals surface area (Å²) in [5.74, 6) is 0. The Labute approximate surface area is 79.2 Å². The molecule has 0 atom stereocenters. The first-order valence-electron chi connectivity index (χ1n) is 3.97. The van der Waals surface area contributed by atoms with E-state index in [0.29, 0.717) is 4.57 Å². The molecular weight excluding hydrogens is 190 g/mol. The van der Waals surface area contributed by atoms with Crippen LogP contribution in [0.15, 0.2) is 15.8 Å². The van der Waals surface area contributed by atoms with Crippen molar-refractivity contribution in [3.05, 3.63) is 37.1 Å². The van der Waals surface area contributed by atoms with Crippen LogP contribution in [0.3, 0.4) is 0 Å². The summed E-state index contributed by atoms with van der Waals surface area (Å²) < 4.78 is 0.637. The van der Waals surface area contributed by atoms with Crippen LogP contribution in [0.4, 0.5) is 5.69 Å². The van der Waals surface area contributed by atoms with Crippen LogP contribution >= 0.6 is 0 Å². The summed E-state index contributed by atoms with van der Waals surface area (Å²) in [5, 5.41) is 10.2. The van der Waals surface area contributed by atoms with E-state index in [-0.39, 0.29) is 0 Å². The van der Waals surface area contributed by atoms with Gasteiger partial charge in [-0.05, 0) is 0 Å². The number of nitrogens with zero attached hydrogens (tertiary/aromatic N) is 2. The van der Waals surface area contributed by atoms with E-state index >= 15 is 0 Å². The lowest BCUT2D eigenvalue weighted by Crippen LogP contribution is -2.33. The van der Waals surface area contributed by atoms with E-state index in [2.05, 4.69) is 4.98 Å². The Morgan fingerprint density at radius 1 is 1.43 bits per heavy atom. The molecule has 0 aliphatic rings. The van der Waals surface area contributed by atoms with E-state index in [1.165, 1.54) is 0 Å². The lowest BCUT2D eigenvalue weighted by Gasteiger charge is -1.93. The Kier molecular flexibility index (Phi) is 4.27. The molecule has 1 N–H and O–H groups in total. The predicted octanol–water partition coefficient (Wildman–Crippen LogP) is 0.00800. The monoisotopic (exact) mass is 201 g/mol. The largest absolute Gasteiger partial charge is 0.350 e. The number of hydrogen-bond acceptors (Lipinski definition) is 4. The van der Waals surface area contributed by atoms with Crippen LogP contribution in [0.2, 0.25) is 0 Å². The van der Waals surface area contributed by atoms with E-state index in [1.807, 2.05) is 13.8 Å². The molecule has 0 fully saturated rings. The molecule has 1 rings (SSSR count). The highest BCUT2D eigenvalue weighted by Gasteiger charge is 2.13. The third-order valence-electron chi connectivity index (χ3n) is 1.36. The number of hydrogen-bond donors (Lipinski definition) is 1. The highest BCUT2D eigenvalue weighted by molar-refractivity contribution is 5.20. The molecule has 0 aliphatic heterocycles. The number of aromatic nitrogens is 2. The Hall–Kier alpha value is -1.92. The maximum Gasteiger partial charge on any atom is 0.350 e. The highest BCUT2D eigenvalue weighted by Crippen LogP contribution is 1.95. The van der Waals surface area contributed by atoms with Crippen LogP contribution in [-0.2, 0) is 7.05 Å². The minimum atomic E-state index is -0.913. The molecular formula is C7H11N3O4. The minimum absolute atomic E-state index is 0.637. The minimum Gasteiger partial charge on any atom is -0.307 e. The zero-order chi connectivity index (χ0) is 11.3. The van der Waals surface area contributed by atoms with Gasteiger partial charge < -0.3 is 4.98 Å². The van der Waals surface area contributed by atoms with Crippen molar-refractivity contribution in [2.75, 3.05) is 0 Å². The summed E-state index contributed by atoms with van der Waals surface area (Å²) in [4.78, 5) is 33.0. The maximum atomic E-state index is 10.9. The van der Waals surface area contributed by atoms with E-state index in [9.17, 15) is 19.7 Å². The molecule has 0 bridgehead atoms. The second-order valence-corrected chi connectivity index (χ2v) is 2.10. The van der Waals surface area contributed by atoms with Gasteiger partial charge in [-0.1, -0.05) is 13.8 Å². The fraction of sp³-hybridized carbons (Fsp3) is 0.429. The smallest absolute Gasteiger partial charge is 0.307 e. The van der Waals surface area contributed by atoms with Crippen LogP contribution in [0, 0.1) is 10.1 Å². The Balaban J connectivity index is 0.000000791. The molecule has 0 saturated heterocycles. The van der Waals surface area contributed by atoms with Gasteiger partial charge in [-0.25, -0.2) is 4.79 Å². The van der Waals surface area contributed by atoms with Gasteiger partial charge in [-0.2, -0.15) is 0 Å². The van der Waals surface area contributed by atoms with Gasteiger partial charge in [0, 0.05) is 7.05 Å². The fourth-order valence-corrected chi connectivity index (χ4v) is 0.684. The van der Waals surface area contributed by atoms with Crippen LogP contribution in [-0.4, -0.2) is 14.5 Å². The number of rotatable bonds is 1. The first-order chi connectivity index (χ1) is 6.54. The SMILES string of the molecule is CC.Cn1c(=O)[nH]cc([N+](=O)[O-])c1=O. The van der Waals surface area contributed by atoms with Gasteiger partial charge in [-0.15, -0.1) is 0 Å². The summed E-state index contributed by atoms with van der Waals surface area (Å²) in [7, 11) is 1.16. The van der Waals surface area contributed by atoms with Crippen molar-refractivity contribution in [1.29, 1.82) is 0 Å². The average molecular weight is 201 g/mol. The summed E-state index contributed by atoms with van der Waals surface area (Å²) in [6.07, 6.45) is 0.782. The molecule has 0 unspecified atom stereocenters. The first-order valence-corrected chi connectivity index (χ1v) is 3.97. The highest BCUT2D eigenvalue weighted by atomic mass is 16.6. The molecule has 0 saturated carbocycles. The van der Waals surface area contributed by atoms with Gasteiger partial charge in [0.05, 0.1) is 11.1 Å². The average Bonchev–Trinajstić information content (AvgIpc) is 2.17.